The van der Waals surface area contributed by atoms with Crippen molar-refractivity contribution in [2.24, 2.45) is 0 Å². The zero-order valence-electron chi connectivity index (χ0n) is 22.5. The van der Waals surface area contributed by atoms with Crippen LogP contribution in [0.2, 0.25) is 0 Å². The minimum Gasteiger partial charge on any atom is -0.497 e. The predicted octanol–water partition coefficient (Wildman–Crippen LogP) is 5.36. The second-order valence-electron chi connectivity index (χ2n) is 9.82. The van der Waals surface area contributed by atoms with Crippen LogP contribution in [-0.2, 0) is 17.8 Å². The van der Waals surface area contributed by atoms with Crippen molar-refractivity contribution < 1.29 is 28.2 Å². The van der Waals surface area contributed by atoms with Gasteiger partial charge in [-0.25, -0.2) is 9.18 Å². The van der Waals surface area contributed by atoms with Crippen molar-refractivity contribution in [1.82, 2.24) is 10.6 Å². The number of rotatable bonds is 8. The molecule has 202 valence electrons. The molecular formula is C29H34FN3O5. The molecule has 0 heterocycles. The zero-order chi connectivity index (χ0) is 28.0. The molecule has 3 aromatic rings. The molecule has 0 fully saturated rings. The lowest BCUT2D eigenvalue weighted by molar-refractivity contribution is 0.0523. The van der Waals surface area contributed by atoms with Crippen LogP contribution in [0.1, 0.15) is 47.8 Å². The summed E-state index contributed by atoms with van der Waals surface area (Å²) in [4.78, 5) is 25.6. The van der Waals surface area contributed by atoms with Gasteiger partial charge in [-0.2, -0.15) is 0 Å². The number of carbonyl (C=O) groups is 2. The molecule has 8 nitrogen and oxygen atoms in total. The van der Waals surface area contributed by atoms with Gasteiger partial charge in [-0.05, 0) is 86.3 Å². The summed E-state index contributed by atoms with van der Waals surface area (Å²) in [6.45, 7) is 7.36. The average Bonchev–Trinajstić information content (AvgIpc) is 2.85. The summed E-state index contributed by atoms with van der Waals surface area (Å²) in [6.07, 6.45) is -0.591. The monoisotopic (exact) mass is 523 g/mol. The molecule has 38 heavy (non-hydrogen) atoms. The first-order chi connectivity index (χ1) is 17.9. The Hall–Kier alpha value is -4.27. The first-order valence-corrected chi connectivity index (χ1v) is 12.1. The highest BCUT2D eigenvalue weighted by Gasteiger charge is 2.19. The molecule has 0 bridgehead atoms. The van der Waals surface area contributed by atoms with Crippen molar-refractivity contribution in [3.63, 3.8) is 0 Å². The van der Waals surface area contributed by atoms with Crippen molar-refractivity contribution in [2.75, 3.05) is 20.0 Å². The van der Waals surface area contributed by atoms with E-state index >= 15 is 0 Å². The number of nitrogen functional groups attached to an aromatic ring is 1. The Morgan fingerprint density at radius 2 is 1.47 bits per heavy atom. The van der Waals surface area contributed by atoms with Crippen LogP contribution in [-0.4, -0.2) is 31.8 Å². The fourth-order valence-electron chi connectivity index (χ4n) is 3.89. The highest BCUT2D eigenvalue weighted by molar-refractivity contribution is 6.03. The smallest absolute Gasteiger partial charge is 0.407 e. The predicted molar refractivity (Wildman–Crippen MR) is 145 cm³/mol. The van der Waals surface area contributed by atoms with Crippen LogP contribution >= 0.6 is 0 Å². The Bertz CT molecular complexity index is 1310. The van der Waals surface area contributed by atoms with E-state index in [1.54, 1.807) is 78.3 Å². The molecule has 2 amide bonds. The van der Waals surface area contributed by atoms with Crippen LogP contribution < -0.4 is 25.8 Å². The summed E-state index contributed by atoms with van der Waals surface area (Å²) in [5, 5.41) is 5.59. The van der Waals surface area contributed by atoms with Gasteiger partial charge in [0.25, 0.3) is 5.91 Å². The number of halogens is 1. The number of benzene rings is 3. The fourth-order valence-corrected chi connectivity index (χ4v) is 3.89. The van der Waals surface area contributed by atoms with Crippen LogP contribution in [0, 0.1) is 12.7 Å². The van der Waals surface area contributed by atoms with Gasteiger partial charge in [0.2, 0.25) is 0 Å². The molecule has 0 unspecified atom stereocenters. The van der Waals surface area contributed by atoms with Crippen molar-refractivity contribution in [2.45, 2.75) is 46.4 Å². The molecule has 0 saturated carbocycles. The van der Waals surface area contributed by atoms with E-state index in [1.165, 1.54) is 12.1 Å². The molecule has 0 saturated heterocycles. The van der Waals surface area contributed by atoms with Crippen molar-refractivity contribution in [3.05, 3.63) is 76.6 Å². The highest BCUT2D eigenvalue weighted by atomic mass is 19.1. The standard InChI is InChI=1S/C29H34FN3O5/c1-17-9-20(30)7-8-23(17)24-12-19(16-33-28(35)38-29(2,3)4)13-25(26(24)31)27(34)32-15-18-10-21(36-5)14-22(11-18)37-6/h7-14H,15-16,31H2,1-6H3,(H,32,34)(H,33,35). The molecule has 0 aliphatic carbocycles. The Labute approximate surface area is 222 Å². The maximum atomic E-state index is 13.8. The molecule has 9 heteroatoms. The number of anilines is 1. The Kier molecular flexibility index (Phi) is 8.83. The number of alkyl carbamates (subject to hydrolysis) is 1. The third-order valence-corrected chi connectivity index (χ3v) is 5.66. The van der Waals surface area contributed by atoms with Gasteiger partial charge in [-0.1, -0.05) is 6.07 Å². The molecule has 0 aliphatic rings. The van der Waals surface area contributed by atoms with E-state index in [-0.39, 0.29) is 30.2 Å². The van der Waals surface area contributed by atoms with Gasteiger partial charge in [0, 0.05) is 24.7 Å². The lowest BCUT2D eigenvalue weighted by Gasteiger charge is -2.20. The van der Waals surface area contributed by atoms with Gasteiger partial charge in [-0.3, -0.25) is 4.79 Å². The van der Waals surface area contributed by atoms with Crippen molar-refractivity contribution in [1.29, 1.82) is 0 Å². The summed E-state index contributed by atoms with van der Waals surface area (Å²) >= 11 is 0. The summed E-state index contributed by atoms with van der Waals surface area (Å²) in [5.74, 6) is 0.401. The van der Waals surface area contributed by atoms with Crippen molar-refractivity contribution in [3.8, 4) is 22.6 Å². The number of methoxy groups -OCH3 is 2. The molecule has 0 spiro atoms. The van der Waals surface area contributed by atoms with Crippen molar-refractivity contribution >= 4 is 17.7 Å². The highest BCUT2D eigenvalue weighted by Crippen LogP contribution is 2.33. The van der Waals surface area contributed by atoms with Gasteiger partial charge >= 0.3 is 6.09 Å². The number of nitrogens with two attached hydrogens (primary N) is 1. The average molecular weight is 524 g/mol. The normalized spacial score (nSPS) is 11.0. The second kappa shape index (κ2) is 11.9. The Morgan fingerprint density at radius 3 is 2.05 bits per heavy atom. The summed E-state index contributed by atoms with van der Waals surface area (Å²) in [6, 6.07) is 13.1. The molecular weight excluding hydrogens is 489 g/mol. The van der Waals surface area contributed by atoms with Gasteiger partial charge < -0.3 is 30.6 Å². The van der Waals surface area contributed by atoms with Gasteiger partial charge in [-0.15, -0.1) is 0 Å². The third kappa shape index (κ3) is 7.38. The Balaban J connectivity index is 1.94. The third-order valence-electron chi connectivity index (χ3n) is 5.66. The van der Waals surface area contributed by atoms with Crippen LogP contribution in [0.4, 0.5) is 14.9 Å². The molecule has 0 atom stereocenters. The van der Waals surface area contributed by atoms with E-state index in [1.807, 2.05) is 0 Å². The molecule has 3 aromatic carbocycles. The largest absolute Gasteiger partial charge is 0.497 e. The van der Waals surface area contributed by atoms with E-state index in [2.05, 4.69) is 10.6 Å². The number of nitrogens with one attached hydrogen (secondary N) is 2. The zero-order valence-corrected chi connectivity index (χ0v) is 22.5. The molecule has 4 N–H and O–H groups in total. The van der Waals surface area contributed by atoms with E-state index in [0.717, 1.165) is 5.56 Å². The molecule has 0 aromatic heterocycles. The van der Waals surface area contributed by atoms with Gasteiger partial charge in [0.1, 0.15) is 22.9 Å². The summed E-state index contributed by atoms with van der Waals surface area (Å²) < 4.78 is 29.7. The first-order valence-electron chi connectivity index (χ1n) is 12.1. The maximum absolute atomic E-state index is 13.8. The number of carbonyl (C=O) groups excluding carboxylic acids is 2. The number of hydrogen-bond acceptors (Lipinski definition) is 6. The van der Waals surface area contributed by atoms with Crippen LogP contribution in [0.3, 0.4) is 0 Å². The maximum Gasteiger partial charge on any atom is 0.407 e. The number of hydrogen-bond donors (Lipinski definition) is 3. The van der Waals surface area contributed by atoms with Gasteiger partial charge in [0.05, 0.1) is 25.5 Å². The van der Waals surface area contributed by atoms with E-state index in [4.69, 9.17) is 19.9 Å². The van der Waals surface area contributed by atoms with E-state index in [9.17, 15) is 14.0 Å². The molecule has 0 radical (unpaired) electrons. The lowest BCUT2D eigenvalue weighted by atomic mass is 9.94. The topological polar surface area (TPSA) is 112 Å². The fraction of sp³-hybridized carbons (Fsp3) is 0.310. The Morgan fingerprint density at radius 1 is 0.868 bits per heavy atom. The summed E-state index contributed by atoms with van der Waals surface area (Å²) in [5.41, 5.74) is 9.57. The minimum atomic E-state index is -0.657. The molecule has 3 rings (SSSR count). The quantitative estimate of drug-likeness (QED) is 0.343. The van der Waals surface area contributed by atoms with E-state index in [0.29, 0.717) is 33.8 Å². The van der Waals surface area contributed by atoms with Gasteiger partial charge in [0.15, 0.2) is 0 Å². The number of aryl methyl sites for hydroxylation is 1. The van der Waals surface area contributed by atoms with Crippen LogP contribution in [0.15, 0.2) is 48.5 Å². The summed E-state index contributed by atoms with van der Waals surface area (Å²) in [7, 11) is 3.10. The number of ether oxygens (including phenoxy) is 3. The minimum absolute atomic E-state index is 0.0931. The SMILES string of the molecule is COc1cc(CNC(=O)c2cc(CNC(=O)OC(C)(C)C)cc(-c3ccc(F)cc3C)c2N)cc(OC)c1. The van der Waals surface area contributed by atoms with E-state index < -0.39 is 17.6 Å². The first kappa shape index (κ1) is 28.3. The van der Waals surface area contributed by atoms with Crippen LogP contribution in [0.5, 0.6) is 11.5 Å². The number of amides is 2. The lowest BCUT2D eigenvalue weighted by Crippen LogP contribution is -2.32. The van der Waals surface area contributed by atoms with Crippen LogP contribution in [0.25, 0.3) is 11.1 Å². The second-order valence-corrected chi connectivity index (χ2v) is 9.82. The molecule has 0 aliphatic heterocycles.